The van der Waals surface area contributed by atoms with Gasteiger partial charge in [0, 0.05) is 5.02 Å². The highest BCUT2D eigenvalue weighted by atomic mass is 35.5. The van der Waals surface area contributed by atoms with Crippen LogP contribution in [0.25, 0.3) is 0 Å². The summed E-state index contributed by atoms with van der Waals surface area (Å²) < 4.78 is 48.7. The summed E-state index contributed by atoms with van der Waals surface area (Å²) in [7, 11) is 1.02. The van der Waals surface area contributed by atoms with Crippen LogP contribution >= 0.6 is 11.6 Å². The van der Waals surface area contributed by atoms with Gasteiger partial charge in [0.05, 0.1) is 37.2 Å². The highest BCUT2D eigenvalue weighted by molar-refractivity contribution is 6.30. The number of rotatable bonds is 4. The number of carbonyl (C=O) groups is 3. The quantitative estimate of drug-likeness (QED) is 0.517. The fraction of sp³-hybridized carbons (Fsp3) is 0.304. The van der Waals surface area contributed by atoms with E-state index < -0.39 is 35.2 Å². The topological polar surface area (TPSA) is 88.5 Å². The minimum Gasteiger partial charge on any atom is -0.465 e. The Morgan fingerprint density at radius 2 is 1.71 bits per heavy atom. The number of anilines is 1. The summed E-state index contributed by atoms with van der Waals surface area (Å²) in [5.74, 6) is -0.650. The number of nitrogens with zero attached hydrogens (tertiary/aromatic N) is 3. The second-order valence-corrected chi connectivity index (χ2v) is 8.13. The molecule has 0 aliphatic carbocycles. The van der Waals surface area contributed by atoms with Crippen molar-refractivity contribution < 1.29 is 37.0 Å². The summed E-state index contributed by atoms with van der Waals surface area (Å²) in [6.07, 6.45) is -5.75. The lowest BCUT2D eigenvalue weighted by Gasteiger charge is -2.26. The maximum Gasteiger partial charge on any atom is 0.422 e. The van der Waals surface area contributed by atoms with Crippen LogP contribution in [-0.2, 0) is 20.4 Å². The number of hydrogen-bond donors (Lipinski definition) is 0. The van der Waals surface area contributed by atoms with Crippen molar-refractivity contribution in [2.45, 2.75) is 20.0 Å². The monoisotopic (exact) mass is 511 g/mol. The molecule has 12 heteroatoms. The molecule has 1 aliphatic rings. The molecule has 186 valence electrons. The van der Waals surface area contributed by atoms with Crippen molar-refractivity contribution in [1.82, 2.24) is 5.01 Å². The van der Waals surface area contributed by atoms with Crippen molar-refractivity contribution in [3.8, 4) is 0 Å². The first kappa shape index (κ1) is 26.0. The SMILES string of the molecule is CCOC(=O)C1(C)CN(C(=O)N(C(=O)OC)c2ccc(C(F)(F)F)cc2)N=C1c1ccc(Cl)cc1. The van der Waals surface area contributed by atoms with E-state index in [-0.39, 0.29) is 24.6 Å². The number of hydrazone groups is 1. The maximum atomic E-state index is 13.4. The third kappa shape index (κ3) is 5.24. The van der Waals surface area contributed by atoms with Gasteiger partial charge in [0.2, 0.25) is 0 Å². The highest BCUT2D eigenvalue weighted by Crippen LogP contribution is 2.35. The number of carbonyl (C=O) groups excluding carboxylic acids is 3. The van der Waals surface area contributed by atoms with Crippen LogP contribution in [0.5, 0.6) is 0 Å². The molecular formula is C23H21ClF3N3O5. The number of methoxy groups -OCH3 is 1. The van der Waals surface area contributed by atoms with Crippen LogP contribution in [0, 0.1) is 5.41 Å². The largest absolute Gasteiger partial charge is 0.465 e. The van der Waals surface area contributed by atoms with Gasteiger partial charge in [-0.1, -0.05) is 23.7 Å². The molecule has 0 fully saturated rings. The average molecular weight is 512 g/mol. The van der Waals surface area contributed by atoms with E-state index in [1.54, 1.807) is 31.2 Å². The molecule has 0 N–H and O–H groups in total. The van der Waals surface area contributed by atoms with Gasteiger partial charge in [-0.25, -0.2) is 14.6 Å². The zero-order valence-electron chi connectivity index (χ0n) is 18.9. The molecule has 1 aliphatic heterocycles. The summed E-state index contributed by atoms with van der Waals surface area (Å²) in [4.78, 5) is 39.2. The third-order valence-corrected chi connectivity index (χ3v) is 5.53. The summed E-state index contributed by atoms with van der Waals surface area (Å²) >= 11 is 5.96. The molecule has 1 atom stereocenters. The lowest BCUT2D eigenvalue weighted by molar-refractivity contribution is -0.150. The second-order valence-electron chi connectivity index (χ2n) is 7.70. The Balaban J connectivity index is 2.03. The molecular weight excluding hydrogens is 491 g/mol. The predicted molar refractivity (Wildman–Crippen MR) is 121 cm³/mol. The number of hydrogen-bond acceptors (Lipinski definition) is 6. The Morgan fingerprint density at radius 1 is 1.11 bits per heavy atom. The van der Waals surface area contributed by atoms with Gasteiger partial charge in [-0.05, 0) is 55.8 Å². The summed E-state index contributed by atoms with van der Waals surface area (Å²) in [5, 5.41) is 5.60. The zero-order chi connectivity index (χ0) is 26.0. The van der Waals surface area contributed by atoms with Crippen molar-refractivity contribution in [2.24, 2.45) is 10.5 Å². The summed E-state index contributed by atoms with van der Waals surface area (Å²) in [5.41, 5.74) is -1.86. The van der Waals surface area contributed by atoms with Crippen molar-refractivity contribution in [2.75, 3.05) is 25.2 Å². The minimum absolute atomic E-state index is 0.0795. The Bertz CT molecular complexity index is 1150. The molecule has 0 saturated heterocycles. The number of ether oxygens (including phenoxy) is 2. The first-order valence-electron chi connectivity index (χ1n) is 10.3. The number of esters is 1. The van der Waals surface area contributed by atoms with E-state index in [4.69, 9.17) is 16.3 Å². The minimum atomic E-state index is -4.60. The van der Waals surface area contributed by atoms with Crippen molar-refractivity contribution in [3.05, 3.63) is 64.7 Å². The molecule has 2 aromatic rings. The highest BCUT2D eigenvalue weighted by Gasteiger charge is 2.50. The van der Waals surface area contributed by atoms with Crippen LogP contribution in [0.3, 0.4) is 0 Å². The summed E-state index contributed by atoms with van der Waals surface area (Å²) in [6, 6.07) is 8.74. The Labute approximate surface area is 203 Å². The van der Waals surface area contributed by atoms with E-state index in [1.807, 2.05) is 0 Å². The van der Waals surface area contributed by atoms with E-state index >= 15 is 0 Å². The molecule has 1 heterocycles. The number of halogens is 4. The van der Waals surface area contributed by atoms with Gasteiger partial charge < -0.3 is 9.47 Å². The molecule has 3 rings (SSSR count). The molecule has 35 heavy (non-hydrogen) atoms. The maximum absolute atomic E-state index is 13.4. The molecule has 0 spiro atoms. The standard InChI is InChI=1S/C23H21ClF3N3O5/c1-4-35-19(31)22(2)13-29(28-18(22)14-5-9-16(24)10-6-14)20(32)30(21(33)34-3)17-11-7-15(8-12-17)23(25,26)27/h5-12H,4,13H2,1-3H3. The number of alkyl halides is 3. The van der Waals surface area contributed by atoms with E-state index in [2.05, 4.69) is 9.84 Å². The molecule has 0 aromatic heterocycles. The van der Waals surface area contributed by atoms with Crippen molar-refractivity contribution in [3.63, 3.8) is 0 Å². The van der Waals surface area contributed by atoms with E-state index in [0.717, 1.165) is 36.4 Å². The zero-order valence-corrected chi connectivity index (χ0v) is 19.7. The van der Waals surface area contributed by atoms with Gasteiger partial charge in [0.15, 0.2) is 0 Å². The van der Waals surface area contributed by atoms with Gasteiger partial charge in [-0.15, -0.1) is 0 Å². The first-order valence-corrected chi connectivity index (χ1v) is 10.7. The lowest BCUT2D eigenvalue weighted by atomic mass is 9.82. The van der Waals surface area contributed by atoms with Crippen LogP contribution in [0.2, 0.25) is 5.02 Å². The fourth-order valence-corrected chi connectivity index (χ4v) is 3.61. The second kappa shape index (κ2) is 9.95. The number of urea groups is 1. The Hall–Kier alpha value is -3.60. The first-order chi connectivity index (χ1) is 16.4. The van der Waals surface area contributed by atoms with E-state index in [0.29, 0.717) is 15.5 Å². The van der Waals surface area contributed by atoms with Crippen molar-refractivity contribution >= 4 is 41.1 Å². The smallest absolute Gasteiger partial charge is 0.422 e. The predicted octanol–water partition coefficient (Wildman–Crippen LogP) is 5.34. The van der Waals surface area contributed by atoms with Gasteiger partial charge in [0.1, 0.15) is 5.41 Å². The van der Waals surface area contributed by atoms with Crippen LogP contribution in [0.15, 0.2) is 53.6 Å². The molecule has 3 amide bonds. The van der Waals surface area contributed by atoms with Crippen LogP contribution in [-0.4, -0.2) is 49.1 Å². The number of amides is 3. The lowest BCUT2D eigenvalue weighted by Crippen LogP contribution is -2.47. The van der Waals surface area contributed by atoms with Crippen LogP contribution in [0.4, 0.5) is 28.4 Å². The molecule has 0 radical (unpaired) electrons. The molecule has 0 saturated carbocycles. The van der Waals surface area contributed by atoms with E-state index in [9.17, 15) is 27.6 Å². The normalized spacial score (nSPS) is 17.6. The molecule has 8 nitrogen and oxygen atoms in total. The Morgan fingerprint density at radius 3 is 2.23 bits per heavy atom. The molecule has 1 unspecified atom stereocenters. The van der Waals surface area contributed by atoms with Crippen molar-refractivity contribution in [1.29, 1.82) is 0 Å². The summed E-state index contributed by atoms with van der Waals surface area (Å²) in [6.45, 7) is 2.95. The van der Waals surface area contributed by atoms with Crippen LogP contribution < -0.4 is 4.90 Å². The van der Waals surface area contributed by atoms with Gasteiger partial charge in [0.25, 0.3) is 0 Å². The fourth-order valence-electron chi connectivity index (χ4n) is 3.49. The molecule has 2 aromatic carbocycles. The van der Waals surface area contributed by atoms with Crippen LogP contribution in [0.1, 0.15) is 25.0 Å². The van der Waals surface area contributed by atoms with E-state index in [1.165, 1.54) is 6.92 Å². The third-order valence-electron chi connectivity index (χ3n) is 5.28. The van der Waals surface area contributed by atoms with Gasteiger partial charge >= 0.3 is 24.3 Å². The average Bonchev–Trinajstić information content (AvgIpc) is 3.18. The van der Waals surface area contributed by atoms with Gasteiger partial charge in [-0.2, -0.15) is 23.2 Å². The Kier molecular flexibility index (Phi) is 7.39. The number of imide groups is 1. The molecule has 0 bridgehead atoms. The van der Waals surface area contributed by atoms with Gasteiger partial charge in [-0.3, -0.25) is 4.79 Å². The number of benzene rings is 2.